The van der Waals surface area contributed by atoms with Crippen LogP contribution in [0.4, 0.5) is 11.4 Å². The molecule has 148 valence electrons. The van der Waals surface area contributed by atoms with E-state index in [1.807, 2.05) is 24.3 Å². The molecule has 2 N–H and O–H groups in total. The van der Waals surface area contributed by atoms with E-state index in [0.717, 1.165) is 36.9 Å². The van der Waals surface area contributed by atoms with Crippen molar-refractivity contribution in [3.8, 4) is 0 Å². The first kappa shape index (κ1) is 20.5. The molecule has 0 bridgehead atoms. The Hall–Kier alpha value is -2.28. The third-order valence-electron chi connectivity index (χ3n) is 4.57. The first-order chi connectivity index (χ1) is 13.5. The molecule has 28 heavy (non-hydrogen) atoms. The van der Waals surface area contributed by atoms with Gasteiger partial charge in [-0.1, -0.05) is 29.3 Å². The predicted molar refractivity (Wildman–Crippen MR) is 113 cm³/mol. The summed E-state index contributed by atoms with van der Waals surface area (Å²) in [6.07, 6.45) is 0. The molecule has 8 heteroatoms. The molecule has 0 spiro atoms. The number of amides is 2. The second-order valence-electron chi connectivity index (χ2n) is 6.53. The van der Waals surface area contributed by atoms with Crippen molar-refractivity contribution in [1.82, 2.24) is 10.2 Å². The first-order valence-corrected chi connectivity index (χ1v) is 9.84. The molecule has 1 aliphatic rings. The van der Waals surface area contributed by atoms with Crippen LogP contribution in [-0.4, -0.2) is 56.0 Å². The topological polar surface area (TPSA) is 64.7 Å². The summed E-state index contributed by atoms with van der Waals surface area (Å²) >= 11 is 11.8. The molecule has 3 rings (SSSR count). The Morgan fingerprint density at radius 3 is 2.29 bits per heavy atom. The molecule has 1 saturated heterocycles. The molecule has 1 fully saturated rings. The summed E-state index contributed by atoms with van der Waals surface area (Å²) in [7, 11) is 0. The number of hydrogen-bond acceptors (Lipinski definition) is 4. The van der Waals surface area contributed by atoms with Crippen molar-refractivity contribution in [2.75, 3.05) is 49.5 Å². The van der Waals surface area contributed by atoms with E-state index >= 15 is 0 Å². The number of rotatable bonds is 5. The molecular formula is C20H22Cl2N4O2. The fraction of sp³-hybridized carbons (Fsp3) is 0.300. The van der Waals surface area contributed by atoms with Gasteiger partial charge in [0.1, 0.15) is 0 Å². The first-order valence-electron chi connectivity index (χ1n) is 9.09. The van der Waals surface area contributed by atoms with Crippen LogP contribution < -0.4 is 15.5 Å². The van der Waals surface area contributed by atoms with Crippen LogP contribution in [-0.2, 0) is 9.59 Å². The van der Waals surface area contributed by atoms with E-state index in [4.69, 9.17) is 23.2 Å². The molecule has 1 aliphatic heterocycles. The van der Waals surface area contributed by atoms with Crippen molar-refractivity contribution in [2.24, 2.45) is 0 Å². The number of piperazine rings is 1. The van der Waals surface area contributed by atoms with Gasteiger partial charge in [0, 0.05) is 60.7 Å². The van der Waals surface area contributed by atoms with Gasteiger partial charge in [-0.15, -0.1) is 0 Å². The van der Waals surface area contributed by atoms with Crippen molar-refractivity contribution >= 4 is 46.4 Å². The quantitative estimate of drug-likeness (QED) is 0.729. The third kappa shape index (κ3) is 5.86. The van der Waals surface area contributed by atoms with E-state index in [-0.39, 0.29) is 0 Å². The van der Waals surface area contributed by atoms with Gasteiger partial charge >= 0.3 is 11.8 Å². The lowest BCUT2D eigenvalue weighted by atomic mass is 10.2. The van der Waals surface area contributed by atoms with Crippen molar-refractivity contribution in [3.05, 3.63) is 58.6 Å². The number of nitrogens with zero attached hydrogens (tertiary/aromatic N) is 2. The summed E-state index contributed by atoms with van der Waals surface area (Å²) in [5.74, 6) is -1.35. The summed E-state index contributed by atoms with van der Waals surface area (Å²) in [5, 5.41) is 6.42. The molecule has 1 heterocycles. The lowest BCUT2D eigenvalue weighted by Gasteiger charge is -2.36. The SMILES string of the molecule is O=C(NCCN1CCN(c2ccc(Cl)cc2)CC1)C(=O)Nc1cccc(Cl)c1. The minimum Gasteiger partial charge on any atom is -0.369 e. The molecular weight excluding hydrogens is 399 g/mol. The summed E-state index contributed by atoms with van der Waals surface area (Å²) in [5.41, 5.74) is 1.65. The smallest absolute Gasteiger partial charge is 0.313 e. The number of anilines is 2. The average molecular weight is 421 g/mol. The molecule has 2 aromatic carbocycles. The Morgan fingerprint density at radius 2 is 1.61 bits per heavy atom. The number of carbonyl (C=O) groups excluding carboxylic acids is 2. The van der Waals surface area contributed by atoms with Crippen LogP contribution in [0, 0.1) is 0 Å². The van der Waals surface area contributed by atoms with Crippen LogP contribution in [0.3, 0.4) is 0 Å². The van der Waals surface area contributed by atoms with Crippen molar-refractivity contribution in [1.29, 1.82) is 0 Å². The van der Waals surface area contributed by atoms with Crippen LogP contribution in [0.1, 0.15) is 0 Å². The maximum atomic E-state index is 11.9. The lowest BCUT2D eigenvalue weighted by Crippen LogP contribution is -2.49. The Balaban J connectivity index is 1.36. The Morgan fingerprint density at radius 1 is 0.893 bits per heavy atom. The van der Waals surface area contributed by atoms with Gasteiger partial charge in [0.25, 0.3) is 0 Å². The Bertz CT molecular complexity index is 821. The van der Waals surface area contributed by atoms with Crippen molar-refractivity contribution in [2.45, 2.75) is 0 Å². The molecule has 0 aromatic heterocycles. The second kappa shape index (κ2) is 9.78. The van der Waals surface area contributed by atoms with Crippen LogP contribution >= 0.6 is 23.2 Å². The maximum absolute atomic E-state index is 11.9. The van der Waals surface area contributed by atoms with Gasteiger partial charge in [0.15, 0.2) is 0 Å². The molecule has 2 amide bonds. The number of halogens is 2. The standard InChI is InChI=1S/C20H22Cl2N4O2/c21-15-4-6-18(7-5-15)26-12-10-25(11-13-26)9-8-23-19(27)20(28)24-17-3-1-2-16(22)14-17/h1-7,14H,8-13H2,(H,23,27)(H,24,28). The number of hydrogen-bond donors (Lipinski definition) is 2. The summed E-state index contributed by atoms with van der Waals surface area (Å²) in [6.45, 7) is 4.73. The van der Waals surface area contributed by atoms with E-state index in [1.165, 1.54) is 0 Å². The third-order valence-corrected chi connectivity index (χ3v) is 5.05. The number of carbonyl (C=O) groups is 2. The minimum atomic E-state index is -0.699. The molecule has 0 aliphatic carbocycles. The van der Waals surface area contributed by atoms with Gasteiger partial charge in [0.2, 0.25) is 0 Å². The highest BCUT2D eigenvalue weighted by molar-refractivity contribution is 6.39. The van der Waals surface area contributed by atoms with E-state index in [9.17, 15) is 9.59 Å². The molecule has 2 aromatic rings. The monoisotopic (exact) mass is 420 g/mol. The zero-order valence-corrected chi connectivity index (χ0v) is 16.8. The van der Waals surface area contributed by atoms with Gasteiger partial charge in [-0.3, -0.25) is 14.5 Å². The van der Waals surface area contributed by atoms with Crippen LogP contribution in [0.5, 0.6) is 0 Å². The summed E-state index contributed by atoms with van der Waals surface area (Å²) in [4.78, 5) is 28.5. The van der Waals surface area contributed by atoms with E-state index in [0.29, 0.717) is 23.8 Å². The molecule has 0 atom stereocenters. The fourth-order valence-electron chi connectivity index (χ4n) is 3.04. The fourth-order valence-corrected chi connectivity index (χ4v) is 3.36. The van der Waals surface area contributed by atoms with Gasteiger partial charge in [0.05, 0.1) is 0 Å². The molecule has 0 unspecified atom stereocenters. The highest BCUT2D eigenvalue weighted by Gasteiger charge is 2.18. The number of benzene rings is 2. The maximum Gasteiger partial charge on any atom is 0.313 e. The van der Waals surface area contributed by atoms with E-state index in [2.05, 4.69) is 20.4 Å². The van der Waals surface area contributed by atoms with Crippen molar-refractivity contribution in [3.63, 3.8) is 0 Å². The highest BCUT2D eigenvalue weighted by atomic mass is 35.5. The van der Waals surface area contributed by atoms with Crippen molar-refractivity contribution < 1.29 is 9.59 Å². The normalized spacial score (nSPS) is 14.6. The molecule has 6 nitrogen and oxygen atoms in total. The molecule has 0 radical (unpaired) electrons. The number of nitrogens with one attached hydrogen (secondary N) is 2. The zero-order chi connectivity index (χ0) is 19.9. The highest BCUT2D eigenvalue weighted by Crippen LogP contribution is 2.19. The van der Waals surface area contributed by atoms with Crippen LogP contribution in [0.15, 0.2) is 48.5 Å². The zero-order valence-electron chi connectivity index (χ0n) is 15.3. The van der Waals surface area contributed by atoms with Gasteiger partial charge in [-0.2, -0.15) is 0 Å². The Kier molecular flexibility index (Phi) is 7.14. The van der Waals surface area contributed by atoms with Gasteiger partial charge < -0.3 is 15.5 Å². The van der Waals surface area contributed by atoms with E-state index in [1.54, 1.807) is 24.3 Å². The van der Waals surface area contributed by atoms with Gasteiger partial charge in [-0.05, 0) is 42.5 Å². The summed E-state index contributed by atoms with van der Waals surface area (Å²) < 4.78 is 0. The minimum absolute atomic E-state index is 0.419. The Labute approximate surface area is 174 Å². The second-order valence-corrected chi connectivity index (χ2v) is 7.40. The summed E-state index contributed by atoms with van der Waals surface area (Å²) in [6, 6.07) is 14.5. The van der Waals surface area contributed by atoms with Crippen LogP contribution in [0.25, 0.3) is 0 Å². The predicted octanol–water partition coefficient (Wildman–Crippen LogP) is 2.87. The van der Waals surface area contributed by atoms with Crippen LogP contribution in [0.2, 0.25) is 10.0 Å². The largest absolute Gasteiger partial charge is 0.369 e. The van der Waals surface area contributed by atoms with Gasteiger partial charge in [-0.25, -0.2) is 0 Å². The molecule has 0 saturated carbocycles. The lowest BCUT2D eigenvalue weighted by molar-refractivity contribution is -0.136. The average Bonchev–Trinajstić information content (AvgIpc) is 2.69. The van der Waals surface area contributed by atoms with E-state index < -0.39 is 11.8 Å².